The first kappa shape index (κ1) is 8.87. The van der Waals surface area contributed by atoms with Crippen molar-refractivity contribution in [1.82, 2.24) is 9.97 Å². The fraction of sp³-hybridized carbons (Fsp3) is 0.429. The molecule has 0 aliphatic carbocycles. The van der Waals surface area contributed by atoms with Crippen molar-refractivity contribution in [2.24, 2.45) is 0 Å². The van der Waals surface area contributed by atoms with Crippen molar-refractivity contribution in [2.45, 2.75) is 10.9 Å². The maximum atomic E-state index is 4.31. The van der Waals surface area contributed by atoms with Crippen LogP contribution < -0.4 is 0 Å². The first-order valence-corrected chi connectivity index (χ1v) is 5.83. The molecule has 0 aromatic carbocycles. The van der Waals surface area contributed by atoms with E-state index >= 15 is 0 Å². The Bertz CT molecular complexity index is 227. The van der Waals surface area contributed by atoms with E-state index in [1.54, 1.807) is 23.5 Å². The highest BCUT2D eigenvalue weighted by Crippen LogP contribution is 2.10. The third-order valence-electron chi connectivity index (χ3n) is 1.17. The molecule has 1 aromatic heterocycles. The Balaban J connectivity index is 2.74. The third kappa shape index (κ3) is 2.71. The molecule has 0 bridgehead atoms. The molecule has 0 unspecified atom stereocenters. The first-order chi connectivity index (χ1) is 5.36. The zero-order valence-corrected chi connectivity index (χ0v) is 8.21. The van der Waals surface area contributed by atoms with Crippen LogP contribution in [0.4, 0.5) is 0 Å². The Labute approximate surface area is 75.2 Å². The molecule has 0 fully saturated rings. The number of hydrogen-bond acceptors (Lipinski definition) is 4. The predicted octanol–water partition coefficient (Wildman–Crippen LogP) is 2.06. The highest BCUT2D eigenvalue weighted by molar-refractivity contribution is 7.98. The van der Waals surface area contributed by atoms with Crippen molar-refractivity contribution >= 4 is 23.5 Å². The number of aromatic nitrogens is 2. The van der Waals surface area contributed by atoms with Crippen molar-refractivity contribution in [1.29, 1.82) is 0 Å². The molecule has 1 rings (SSSR count). The van der Waals surface area contributed by atoms with Gasteiger partial charge in [0.25, 0.3) is 0 Å². The van der Waals surface area contributed by atoms with E-state index in [9.17, 15) is 0 Å². The lowest BCUT2D eigenvalue weighted by Gasteiger charge is -1.97. The second kappa shape index (κ2) is 4.62. The lowest BCUT2D eigenvalue weighted by molar-refractivity contribution is 0.929. The molecule has 60 valence electrons. The van der Waals surface area contributed by atoms with Crippen LogP contribution >= 0.6 is 23.5 Å². The molecule has 0 amide bonds. The maximum Gasteiger partial charge on any atom is 0.187 e. The summed E-state index contributed by atoms with van der Waals surface area (Å²) in [4.78, 5) is 8.39. The van der Waals surface area contributed by atoms with E-state index in [0.29, 0.717) is 0 Å². The van der Waals surface area contributed by atoms with Gasteiger partial charge in [-0.2, -0.15) is 11.8 Å². The summed E-state index contributed by atoms with van der Waals surface area (Å²) in [6.07, 6.45) is 5.86. The van der Waals surface area contributed by atoms with E-state index in [4.69, 9.17) is 0 Å². The standard InChI is InChI=1S/C7H10N2S2/c1-10-5-6-3-4-8-7(9-6)11-2/h3-4H,5H2,1-2H3. The van der Waals surface area contributed by atoms with Crippen LogP contribution in [0, 0.1) is 0 Å². The SMILES string of the molecule is CSCc1ccnc(SC)n1. The molecule has 0 radical (unpaired) electrons. The van der Waals surface area contributed by atoms with Crippen LogP contribution in [-0.4, -0.2) is 22.5 Å². The van der Waals surface area contributed by atoms with E-state index in [0.717, 1.165) is 16.6 Å². The van der Waals surface area contributed by atoms with Gasteiger partial charge in [0, 0.05) is 11.9 Å². The van der Waals surface area contributed by atoms with Crippen LogP contribution in [0.15, 0.2) is 17.4 Å². The Morgan fingerprint density at radius 1 is 1.45 bits per heavy atom. The lowest BCUT2D eigenvalue weighted by atomic mass is 10.5. The molecule has 4 heteroatoms. The molecular weight excluding hydrogens is 176 g/mol. The van der Waals surface area contributed by atoms with Gasteiger partial charge in [0.15, 0.2) is 5.16 Å². The van der Waals surface area contributed by atoms with Gasteiger partial charge in [-0.05, 0) is 18.6 Å². The molecule has 0 aliphatic heterocycles. The Hall–Kier alpha value is -0.220. The summed E-state index contributed by atoms with van der Waals surface area (Å²) in [7, 11) is 0. The van der Waals surface area contributed by atoms with Crippen molar-refractivity contribution in [3.05, 3.63) is 18.0 Å². The monoisotopic (exact) mass is 186 g/mol. The summed E-state index contributed by atoms with van der Waals surface area (Å²) in [5.41, 5.74) is 1.11. The van der Waals surface area contributed by atoms with Crippen LogP contribution in [0.3, 0.4) is 0 Å². The van der Waals surface area contributed by atoms with E-state index < -0.39 is 0 Å². The Morgan fingerprint density at radius 2 is 2.27 bits per heavy atom. The highest BCUT2D eigenvalue weighted by atomic mass is 32.2. The number of hydrogen-bond donors (Lipinski definition) is 0. The molecular formula is C7H10N2S2. The van der Waals surface area contributed by atoms with Crippen LogP contribution in [0.1, 0.15) is 5.69 Å². The minimum Gasteiger partial charge on any atom is -0.231 e. The first-order valence-electron chi connectivity index (χ1n) is 3.21. The molecule has 0 atom stereocenters. The Kier molecular flexibility index (Phi) is 3.72. The molecule has 0 aliphatic rings. The van der Waals surface area contributed by atoms with Gasteiger partial charge >= 0.3 is 0 Å². The fourth-order valence-electron chi connectivity index (χ4n) is 0.703. The average Bonchev–Trinajstić information content (AvgIpc) is 2.06. The fourth-order valence-corrected chi connectivity index (χ4v) is 1.53. The van der Waals surface area contributed by atoms with Crippen LogP contribution in [0.5, 0.6) is 0 Å². The van der Waals surface area contributed by atoms with Crippen molar-refractivity contribution in [3.8, 4) is 0 Å². The molecule has 2 nitrogen and oxygen atoms in total. The zero-order valence-electron chi connectivity index (χ0n) is 6.57. The topological polar surface area (TPSA) is 25.8 Å². The summed E-state index contributed by atoms with van der Waals surface area (Å²) in [6.45, 7) is 0. The van der Waals surface area contributed by atoms with Gasteiger partial charge in [-0.25, -0.2) is 9.97 Å². The maximum absolute atomic E-state index is 4.31. The molecule has 1 aromatic rings. The van der Waals surface area contributed by atoms with Crippen LogP contribution in [0.25, 0.3) is 0 Å². The van der Waals surface area contributed by atoms with Crippen molar-refractivity contribution in [3.63, 3.8) is 0 Å². The van der Waals surface area contributed by atoms with Crippen molar-refractivity contribution in [2.75, 3.05) is 12.5 Å². The van der Waals surface area contributed by atoms with Gasteiger partial charge in [-0.3, -0.25) is 0 Å². The zero-order chi connectivity index (χ0) is 8.10. The number of nitrogens with zero attached hydrogens (tertiary/aromatic N) is 2. The smallest absolute Gasteiger partial charge is 0.187 e. The molecule has 0 N–H and O–H groups in total. The largest absolute Gasteiger partial charge is 0.231 e. The molecule has 1 heterocycles. The summed E-state index contributed by atoms with van der Waals surface area (Å²) >= 11 is 3.35. The third-order valence-corrected chi connectivity index (χ3v) is 2.31. The number of rotatable bonds is 3. The van der Waals surface area contributed by atoms with E-state index in [2.05, 4.69) is 16.2 Å². The quantitative estimate of drug-likeness (QED) is 0.533. The van der Waals surface area contributed by atoms with Gasteiger partial charge in [0.1, 0.15) is 0 Å². The van der Waals surface area contributed by atoms with Crippen LogP contribution in [0.2, 0.25) is 0 Å². The summed E-state index contributed by atoms with van der Waals surface area (Å²) in [5.74, 6) is 0.968. The second-order valence-electron chi connectivity index (χ2n) is 1.97. The number of thioether (sulfide) groups is 2. The minimum atomic E-state index is 0.858. The summed E-state index contributed by atoms with van der Waals surface area (Å²) in [5, 5.41) is 0.858. The summed E-state index contributed by atoms with van der Waals surface area (Å²) < 4.78 is 0. The van der Waals surface area contributed by atoms with Gasteiger partial charge in [-0.1, -0.05) is 11.8 Å². The predicted molar refractivity (Wildman–Crippen MR) is 51.0 cm³/mol. The normalized spacial score (nSPS) is 10.0. The van der Waals surface area contributed by atoms with Gasteiger partial charge in [0.05, 0.1) is 5.69 Å². The van der Waals surface area contributed by atoms with E-state index in [-0.39, 0.29) is 0 Å². The van der Waals surface area contributed by atoms with Gasteiger partial charge < -0.3 is 0 Å². The molecule has 0 saturated heterocycles. The molecule has 0 spiro atoms. The van der Waals surface area contributed by atoms with Crippen LogP contribution in [-0.2, 0) is 5.75 Å². The second-order valence-corrected chi connectivity index (χ2v) is 3.61. The lowest BCUT2D eigenvalue weighted by Crippen LogP contribution is -1.90. The Morgan fingerprint density at radius 3 is 2.91 bits per heavy atom. The van der Waals surface area contributed by atoms with E-state index in [1.165, 1.54) is 0 Å². The van der Waals surface area contributed by atoms with Gasteiger partial charge in [-0.15, -0.1) is 0 Å². The highest BCUT2D eigenvalue weighted by Gasteiger charge is 1.95. The van der Waals surface area contributed by atoms with Gasteiger partial charge in [0.2, 0.25) is 0 Å². The molecule has 11 heavy (non-hydrogen) atoms. The molecule has 0 saturated carbocycles. The minimum absolute atomic E-state index is 0.858. The van der Waals surface area contributed by atoms with Crippen molar-refractivity contribution < 1.29 is 0 Å². The average molecular weight is 186 g/mol. The summed E-state index contributed by atoms with van der Waals surface area (Å²) in [6, 6.07) is 1.95. The van der Waals surface area contributed by atoms with E-state index in [1.807, 2.05) is 18.5 Å².